The van der Waals surface area contributed by atoms with Crippen LogP contribution in [0.3, 0.4) is 0 Å². The molecule has 0 radical (unpaired) electrons. The molecule has 1 N–H and O–H groups in total. The van der Waals surface area contributed by atoms with Crippen LogP contribution in [0.15, 0.2) is 42.7 Å². The lowest BCUT2D eigenvalue weighted by molar-refractivity contribution is -0.131. The van der Waals surface area contributed by atoms with Crippen molar-refractivity contribution in [2.45, 2.75) is 6.54 Å². The van der Waals surface area contributed by atoms with Gasteiger partial charge in [-0.1, -0.05) is 12.1 Å². The number of aliphatic carboxylic acids is 1. The summed E-state index contributed by atoms with van der Waals surface area (Å²) in [5.74, 6) is 0.0629. The Bertz CT molecular complexity index is 621. The number of para-hydroxylation sites is 1. The van der Waals surface area contributed by atoms with Crippen LogP contribution < -0.4 is 9.47 Å². The monoisotopic (exact) mass is 288 g/mol. The summed E-state index contributed by atoms with van der Waals surface area (Å²) in [6.07, 6.45) is 6.09. The van der Waals surface area contributed by atoms with Gasteiger partial charge in [-0.05, 0) is 18.2 Å². The molecule has 2 rings (SSSR count). The lowest BCUT2D eigenvalue weighted by atomic mass is 10.1. The number of hydrogen-bond acceptors (Lipinski definition) is 4. The highest BCUT2D eigenvalue weighted by molar-refractivity contribution is 5.86. The molecular weight excluding hydrogens is 272 g/mol. The zero-order valence-corrected chi connectivity index (χ0v) is 11.6. The highest BCUT2D eigenvalue weighted by Gasteiger charge is 2.09. The number of carboxylic acid groups (broad SMARTS) is 1. The maximum absolute atomic E-state index is 10.6. The van der Waals surface area contributed by atoms with Gasteiger partial charge in [0.25, 0.3) is 0 Å². The average molecular weight is 288 g/mol. The Morgan fingerprint density at radius 2 is 2.29 bits per heavy atom. The highest BCUT2D eigenvalue weighted by atomic mass is 16.5. The smallest absolute Gasteiger partial charge is 0.328 e. The summed E-state index contributed by atoms with van der Waals surface area (Å²) >= 11 is 0. The molecule has 0 saturated heterocycles. The van der Waals surface area contributed by atoms with Crippen molar-refractivity contribution in [2.75, 3.05) is 13.7 Å². The van der Waals surface area contributed by atoms with Crippen LogP contribution in [-0.4, -0.2) is 34.6 Å². The number of rotatable bonds is 7. The van der Waals surface area contributed by atoms with Crippen LogP contribution in [0.25, 0.3) is 6.08 Å². The second-order valence-corrected chi connectivity index (χ2v) is 4.17. The Morgan fingerprint density at radius 1 is 1.43 bits per heavy atom. The number of methoxy groups -OCH3 is 1. The summed E-state index contributed by atoms with van der Waals surface area (Å²) in [6.45, 7) is 0.989. The van der Waals surface area contributed by atoms with Crippen LogP contribution in [-0.2, 0) is 11.3 Å². The number of aromatic nitrogens is 2. The zero-order valence-electron chi connectivity index (χ0n) is 11.6. The van der Waals surface area contributed by atoms with E-state index >= 15 is 0 Å². The van der Waals surface area contributed by atoms with Crippen molar-refractivity contribution in [1.82, 2.24) is 9.78 Å². The van der Waals surface area contributed by atoms with Gasteiger partial charge in [-0.2, -0.15) is 5.10 Å². The molecule has 1 heterocycles. The molecule has 21 heavy (non-hydrogen) atoms. The minimum absolute atomic E-state index is 0.399. The number of carboxylic acids is 1. The molecule has 2 aromatic rings. The summed E-state index contributed by atoms with van der Waals surface area (Å²) < 4.78 is 12.7. The molecule has 0 aliphatic carbocycles. The predicted octanol–water partition coefficient (Wildman–Crippen LogP) is 2.07. The molecule has 1 aromatic carbocycles. The minimum Gasteiger partial charge on any atom is -0.493 e. The Morgan fingerprint density at radius 3 is 2.95 bits per heavy atom. The molecule has 0 fully saturated rings. The van der Waals surface area contributed by atoms with Crippen LogP contribution in [0, 0.1) is 0 Å². The second-order valence-electron chi connectivity index (χ2n) is 4.17. The van der Waals surface area contributed by atoms with Crippen LogP contribution in [0.2, 0.25) is 0 Å². The van der Waals surface area contributed by atoms with E-state index in [2.05, 4.69) is 5.10 Å². The summed E-state index contributed by atoms with van der Waals surface area (Å²) in [7, 11) is 1.54. The molecule has 0 unspecified atom stereocenters. The molecule has 0 saturated carbocycles. The average Bonchev–Trinajstić information content (AvgIpc) is 2.99. The van der Waals surface area contributed by atoms with Gasteiger partial charge < -0.3 is 14.6 Å². The summed E-state index contributed by atoms with van der Waals surface area (Å²) in [5, 5.41) is 12.8. The maximum Gasteiger partial charge on any atom is 0.328 e. The third kappa shape index (κ3) is 4.10. The molecule has 6 heteroatoms. The summed E-state index contributed by atoms with van der Waals surface area (Å²) in [5.41, 5.74) is 0.650. The fourth-order valence-corrected chi connectivity index (χ4v) is 1.81. The second kappa shape index (κ2) is 7.14. The van der Waals surface area contributed by atoms with Gasteiger partial charge in [0.1, 0.15) is 6.61 Å². The van der Waals surface area contributed by atoms with Crippen molar-refractivity contribution >= 4 is 12.0 Å². The van der Waals surface area contributed by atoms with Gasteiger partial charge in [-0.3, -0.25) is 4.68 Å². The lowest BCUT2D eigenvalue weighted by Crippen LogP contribution is -2.09. The van der Waals surface area contributed by atoms with Crippen LogP contribution in [0.5, 0.6) is 11.5 Å². The van der Waals surface area contributed by atoms with E-state index in [4.69, 9.17) is 14.6 Å². The summed E-state index contributed by atoms with van der Waals surface area (Å²) in [4.78, 5) is 10.6. The van der Waals surface area contributed by atoms with Gasteiger partial charge in [0.2, 0.25) is 0 Å². The fraction of sp³-hybridized carbons (Fsp3) is 0.200. The highest BCUT2D eigenvalue weighted by Crippen LogP contribution is 2.32. The first kappa shape index (κ1) is 14.6. The molecule has 110 valence electrons. The number of nitrogens with zero attached hydrogens (tertiary/aromatic N) is 2. The van der Waals surface area contributed by atoms with Gasteiger partial charge in [-0.15, -0.1) is 0 Å². The van der Waals surface area contributed by atoms with E-state index in [0.29, 0.717) is 30.2 Å². The van der Waals surface area contributed by atoms with Crippen molar-refractivity contribution < 1.29 is 19.4 Å². The minimum atomic E-state index is -1.01. The predicted molar refractivity (Wildman–Crippen MR) is 77.4 cm³/mol. The van der Waals surface area contributed by atoms with E-state index in [1.54, 1.807) is 36.2 Å². The molecule has 0 spiro atoms. The molecule has 0 amide bonds. The first-order valence-electron chi connectivity index (χ1n) is 6.39. The number of benzene rings is 1. The standard InChI is InChI=1S/C15H16N2O4/c1-20-13-5-2-4-12(6-7-14(18)19)15(13)21-11-10-17-9-3-8-16-17/h2-9H,10-11H2,1H3,(H,18,19). The molecule has 0 atom stereocenters. The normalized spacial score (nSPS) is 10.7. The van der Waals surface area contributed by atoms with E-state index in [1.165, 1.54) is 6.08 Å². The first-order valence-corrected chi connectivity index (χ1v) is 6.39. The Labute approximate surface area is 122 Å². The third-order valence-electron chi connectivity index (χ3n) is 2.76. The molecule has 0 aliphatic rings. The molecule has 0 bridgehead atoms. The number of ether oxygens (including phenoxy) is 2. The molecule has 1 aromatic heterocycles. The van der Waals surface area contributed by atoms with E-state index in [-0.39, 0.29) is 0 Å². The van der Waals surface area contributed by atoms with Crippen molar-refractivity contribution in [3.63, 3.8) is 0 Å². The van der Waals surface area contributed by atoms with E-state index in [1.807, 2.05) is 12.3 Å². The van der Waals surface area contributed by atoms with Crippen molar-refractivity contribution in [3.8, 4) is 11.5 Å². The Balaban J connectivity index is 2.12. The third-order valence-corrected chi connectivity index (χ3v) is 2.76. The largest absolute Gasteiger partial charge is 0.493 e. The molecular formula is C15H16N2O4. The van der Waals surface area contributed by atoms with Gasteiger partial charge >= 0.3 is 5.97 Å². The van der Waals surface area contributed by atoms with E-state index in [0.717, 1.165) is 6.08 Å². The molecule has 6 nitrogen and oxygen atoms in total. The number of hydrogen-bond donors (Lipinski definition) is 1. The topological polar surface area (TPSA) is 73.6 Å². The van der Waals surface area contributed by atoms with Crippen molar-refractivity contribution in [2.24, 2.45) is 0 Å². The van der Waals surface area contributed by atoms with Gasteiger partial charge in [0, 0.05) is 24.0 Å². The van der Waals surface area contributed by atoms with Crippen molar-refractivity contribution in [1.29, 1.82) is 0 Å². The van der Waals surface area contributed by atoms with Gasteiger partial charge in [0.15, 0.2) is 11.5 Å². The number of carbonyl (C=O) groups is 1. The van der Waals surface area contributed by atoms with E-state index in [9.17, 15) is 4.79 Å². The Hall–Kier alpha value is -2.76. The van der Waals surface area contributed by atoms with Crippen molar-refractivity contribution in [3.05, 3.63) is 48.3 Å². The van der Waals surface area contributed by atoms with Crippen LogP contribution in [0.4, 0.5) is 0 Å². The van der Waals surface area contributed by atoms with Crippen LogP contribution in [0.1, 0.15) is 5.56 Å². The SMILES string of the molecule is COc1cccc(C=CC(=O)O)c1OCCn1cccn1. The Kier molecular flexibility index (Phi) is 4.98. The summed E-state index contributed by atoms with van der Waals surface area (Å²) in [6, 6.07) is 7.15. The maximum atomic E-state index is 10.6. The fourth-order valence-electron chi connectivity index (χ4n) is 1.81. The van der Waals surface area contributed by atoms with Gasteiger partial charge in [0.05, 0.1) is 13.7 Å². The quantitative estimate of drug-likeness (QED) is 0.789. The molecule has 0 aliphatic heterocycles. The zero-order chi connectivity index (χ0) is 15.1. The first-order chi connectivity index (χ1) is 10.2. The van der Waals surface area contributed by atoms with E-state index < -0.39 is 5.97 Å². The van der Waals surface area contributed by atoms with Crippen LogP contribution >= 0.6 is 0 Å². The lowest BCUT2D eigenvalue weighted by Gasteiger charge is -2.13. The van der Waals surface area contributed by atoms with Gasteiger partial charge in [-0.25, -0.2) is 4.79 Å².